The van der Waals surface area contributed by atoms with Gasteiger partial charge in [-0.05, 0) is 55.3 Å². The van der Waals surface area contributed by atoms with E-state index < -0.39 is 10.8 Å². The number of rotatable bonds is 7. The van der Waals surface area contributed by atoms with E-state index in [1.807, 2.05) is 26.0 Å². The van der Waals surface area contributed by atoms with Gasteiger partial charge in [0.1, 0.15) is 17.3 Å². The highest BCUT2D eigenvalue weighted by molar-refractivity contribution is 5.82. The van der Waals surface area contributed by atoms with Gasteiger partial charge < -0.3 is 9.15 Å². The van der Waals surface area contributed by atoms with Gasteiger partial charge in [-0.25, -0.2) is 5.43 Å². The van der Waals surface area contributed by atoms with Gasteiger partial charge in [-0.1, -0.05) is 18.2 Å². The Balaban J connectivity index is 1.56. The molecule has 0 saturated heterocycles. The van der Waals surface area contributed by atoms with Gasteiger partial charge in [-0.3, -0.25) is 14.9 Å². The first-order chi connectivity index (χ1) is 13.9. The van der Waals surface area contributed by atoms with Crippen LogP contribution >= 0.6 is 0 Å². The van der Waals surface area contributed by atoms with Crippen molar-refractivity contribution in [2.24, 2.45) is 5.10 Å². The summed E-state index contributed by atoms with van der Waals surface area (Å²) >= 11 is 0. The number of furan rings is 1. The number of nitrogens with one attached hydrogen (secondary N) is 1. The Labute approximate surface area is 167 Å². The van der Waals surface area contributed by atoms with Crippen LogP contribution in [0.25, 0.3) is 11.3 Å². The summed E-state index contributed by atoms with van der Waals surface area (Å²) in [5.41, 5.74) is 4.87. The van der Waals surface area contributed by atoms with Gasteiger partial charge in [-0.15, -0.1) is 0 Å². The van der Waals surface area contributed by atoms with Crippen LogP contribution in [0.5, 0.6) is 5.75 Å². The number of hydrogen-bond acceptors (Lipinski definition) is 6. The zero-order valence-electron chi connectivity index (χ0n) is 15.9. The van der Waals surface area contributed by atoms with E-state index in [2.05, 4.69) is 10.5 Å². The number of ether oxygens (including phenoxy) is 1. The summed E-state index contributed by atoms with van der Waals surface area (Å²) in [6.45, 7) is 3.78. The summed E-state index contributed by atoms with van der Waals surface area (Å²) in [4.78, 5) is 22.5. The van der Waals surface area contributed by atoms with Crippen molar-refractivity contribution < 1.29 is 18.9 Å². The molecule has 0 aliphatic heterocycles. The van der Waals surface area contributed by atoms with Crippen molar-refractivity contribution >= 4 is 17.8 Å². The van der Waals surface area contributed by atoms with E-state index in [1.165, 1.54) is 12.3 Å². The monoisotopic (exact) mass is 393 g/mol. The molecule has 0 radical (unpaired) electrons. The number of carbonyl (C=O) groups is 1. The summed E-state index contributed by atoms with van der Waals surface area (Å²) in [7, 11) is 0. The minimum atomic E-state index is -0.471. The molecule has 0 unspecified atom stereocenters. The fourth-order valence-electron chi connectivity index (χ4n) is 2.56. The minimum absolute atomic E-state index is 0.0536. The average molecular weight is 393 g/mol. The molecule has 1 heterocycles. The smallest absolute Gasteiger partial charge is 0.280 e. The summed E-state index contributed by atoms with van der Waals surface area (Å²) in [5, 5.41) is 14.9. The molecule has 8 nitrogen and oxygen atoms in total. The van der Waals surface area contributed by atoms with Crippen LogP contribution in [0, 0.1) is 24.0 Å². The quantitative estimate of drug-likeness (QED) is 0.371. The number of nitro benzene ring substituents is 1. The van der Waals surface area contributed by atoms with E-state index in [1.54, 1.807) is 36.4 Å². The molecule has 148 valence electrons. The van der Waals surface area contributed by atoms with Gasteiger partial charge in [0, 0.05) is 6.07 Å². The molecule has 0 aliphatic rings. The SMILES string of the molecule is Cc1ccc(OCC(=O)N/N=C\c2ccc(-c3ccccc3[N+](=O)[O-])o2)cc1C. The molecule has 1 aromatic heterocycles. The Morgan fingerprint density at radius 2 is 1.97 bits per heavy atom. The van der Waals surface area contributed by atoms with Gasteiger partial charge in [0.2, 0.25) is 0 Å². The number of benzene rings is 2. The molecule has 1 N–H and O–H groups in total. The molecule has 3 rings (SSSR count). The van der Waals surface area contributed by atoms with Gasteiger partial charge in [0.15, 0.2) is 6.61 Å². The zero-order chi connectivity index (χ0) is 20.8. The molecule has 3 aromatic rings. The lowest BCUT2D eigenvalue weighted by Crippen LogP contribution is -2.24. The van der Waals surface area contributed by atoms with E-state index in [0.717, 1.165) is 11.1 Å². The first kappa shape index (κ1) is 19.8. The molecular weight excluding hydrogens is 374 g/mol. The van der Waals surface area contributed by atoms with Gasteiger partial charge in [0.05, 0.1) is 16.7 Å². The second-order valence-corrected chi connectivity index (χ2v) is 6.30. The maximum Gasteiger partial charge on any atom is 0.280 e. The number of amides is 1. The van der Waals surface area contributed by atoms with Crippen LogP contribution in [-0.4, -0.2) is 23.7 Å². The first-order valence-electron chi connectivity index (χ1n) is 8.79. The number of carbonyl (C=O) groups excluding carboxylic acids is 1. The van der Waals surface area contributed by atoms with Crippen LogP contribution < -0.4 is 10.2 Å². The second kappa shape index (κ2) is 8.83. The predicted octanol–water partition coefficient (Wildman–Crippen LogP) is 4.00. The number of nitrogens with zero attached hydrogens (tertiary/aromatic N) is 2. The van der Waals surface area contributed by atoms with Crippen LogP contribution in [0.1, 0.15) is 16.9 Å². The van der Waals surface area contributed by atoms with Crippen LogP contribution in [0.15, 0.2) is 64.1 Å². The molecule has 0 fully saturated rings. The number of nitro groups is 1. The molecule has 0 saturated carbocycles. The topological polar surface area (TPSA) is 107 Å². The third kappa shape index (κ3) is 5.07. The van der Waals surface area contributed by atoms with Gasteiger partial charge in [0.25, 0.3) is 11.6 Å². The lowest BCUT2D eigenvalue weighted by molar-refractivity contribution is -0.384. The van der Waals surface area contributed by atoms with Gasteiger partial charge in [-0.2, -0.15) is 5.10 Å². The number of hydrazone groups is 1. The van der Waals surface area contributed by atoms with Gasteiger partial charge >= 0.3 is 0 Å². The maximum atomic E-state index is 11.8. The number of hydrogen-bond donors (Lipinski definition) is 1. The largest absolute Gasteiger partial charge is 0.484 e. The highest BCUT2D eigenvalue weighted by Crippen LogP contribution is 2.30. The van der Waals surface area contributed by atoms with E-state index in [9.17, 15) is 14.9 Å². The zero-order valence-corrected chi connectivity index (χ0v) is 15.9. The molecule has 0 bridgehead atoms. The minimum Gasteiger partial charge on any atom is -0.484 e. The third-order valence-electron chi connectivity index (χ3n) is 4.22. The molecule has 1 amide bonds. The van der Waals surface area contributed by atoms with Crippen molar-refractivity contribution in [2.75, 3.05) is 6.61 Å². The standard InChI is InChI=1S/C21H19N3O5/c1-14-7-8-16(11-15(14)2)28-13-21(25)23-22-12-17-9-10-20(29-17)18-5-3-4-6-19(18)24(26)27/h3-12H,13H2,1-2H3,(H,23,25)/b22-12-. The highest BCUT2D eigenvalue weighted by Gasteiger charge is 2.16. The molecule has 29 heavy (non-hydrogen) atoms. The summed E-state index contributed by atoms with van der Waals surface area (Å²) in [5.74, 6) is 0.856. The van der Waals surface area contributed by atoms with E-state index in [4.69, 9.17) is 9.15 Å². The van der Waals surface area contributed by atoms with Crippen LogP contribution in [0.3, 0.4) is 0 Å². The van der Waals surface area contributed by atoms with Crippen molar-refractivity contribution in [1.82, 2.24) is 5.43 Å². The van der Waals surface area contributed by atoms with E-state index in [-0.39, 0.29) is 12.3 Å². The lowest BCUT2D eigenvalue weighted by Gasteiger charge is -2.07. The first-order valence-corrected chi connectivity index (χ1v) is 8.79. The maximum absolute atomic E-state index is 11.8. The Hall–Kier alpha value is -3.94. The van der Waals surface area contributed by atoms with Crippen molar-refractivity contribution in [3.05, 3.63) is 81.6 Å². The molecular formula is C21H19N3O5. The third-order valence-corrected chi connectivity index (χ3v) is 4.22. The van der Waals surface area contributed by atoms with E-state index in [0.29, 0.717) is 22.8 Å². The predicted molar refractivity (Wildman–Crippen MR) is 108 cm³/mol. The number of aryl methyl sites for hydroxylation is 2. The summed E-state index contributed by atoms with van der Waals surface area (Å²) in [6.07, 6.45) is 1.31. The highest BCUT2D eigenvalue weighted by atomic mass is 16.6. The Kier molecular flexibility index (Phi) is 6.03. The Morgan fingerprint density at radius 3 is 2.72 bits per heavy atom. The molecule has 0 atom stereocenters. The fraction of sp³-hybridized carbons (Fsp3) is 0.143. The van der Waals surface area contributed by atoms with Crippen molar-refractivity contribution in [1.29, 1.82) is 0 Å². The Morgan fingerprint density at radius 1 is 1.17 bits per heavy atom. The van der Waals surface area contributed by atoms with E-state index >= 15 is 0 Å². The normalized spacial score (nSPS) is 10.8. The number of para-hydroxylation sites is 1. The molecule has 8 heteroatoms. The Bertz CT molecular complexity index is 1070. The average Bonchev–Trinajstić information content (AvgIpc) is 3.17. The summed E-state index contributed by atoms with van der Waals surface area (Å²) < 4.78 is 11.0. The van der Waals surface area contributed by atoms with Crippen molar-refractivity contribution in [3.63, 3.8) is 0 Å². The molecule has 2 aromatic carbocycles. The van der Waals surface area contributed by atoms with Crippen molar-refractivity contribution in [2.45, 2.75) is 13.8 Å². The fourth-order valence-corrected chi connectivity index (χ4v) is 2.56. The summed E-state index contributed by atoms with van der Waals surface area (Å²) in [6, 6.07) is 15.1. The van der Waals surface area contributed by atoms with Crippen LogP contribution in [0.2, 0.25) is 0 Å². The molecule has 0 spiro atoms. The lowest BCUT2D eigenvalue weighted by atomic mass is 10.1. The van der Waals surface area contributed by atoms with Crippen molar-refractivity contribution in [3.8, 4) is 17.1 Å². The van der Waals surface area contributed by atoms with Crippen LogP contribution in [0.4, 0.5) is 5.69 Å². The van der Waals surface area contributed by atoms with Crippen LogP contribution in [-0.2, 0) is 4.79 Å². The molecule has 0 aliphatic carbocycles. The second-order valence-electron chi connectivity index (χ2n) is 6.30.